The Hall–Kier alpha value is -3.06. The van der Waals surface area contributed by atoms with E-state index in [9.17, 15) is 14.4 Å². The number of fused-ring (bicyclic) bond motifs is 3. The summed E-state index contributed by atoms with van der Waals surface area (Å²) in [7, 11) is 0. The average Bonchev–Trinajstić information content (AvgIpc) is 3.58. The third kappa shape index (κ3) is 5.00. The fourth-order valence-corrected chi connectivity index (χ4v) is 7.79. The first kappa shape index (κ1) is 26.5. The second kappa shape index (κ2) is 11.4. The lowest BCUT2D eigenvalue weighted by Gasteiger charge is -2.13. The molecular formula is C26H24N4O4S4. The van der Waals surface area contributed by atoms with Gasteiger partial charge in [0.25, 0.3) is 5.56 Å². The summed E-state index contributed by atoms with van der Waals surface area (Å²) in [5.74, 6) is -0.693. The summed E-state index contributed by atoms with van der Waals surface area (Å²) in [6.45, 7) is 5.99. The van der Waals surface area contributed by atoms with Crippen LogP contribution in [0.1, 0.15) is 33.5 Å². The number of aryl methyl sites for hydroxylation is 2. The predicted octanol–water partition coefficient (Wildman–Crippen LogP) is 5.62. The summed E-state index contributed by atoms with van der Waals surface area (Å²) >= 11 is 9.34. The van der Waals surface area contributed by atoms with Gasteiger partial charge in [0.05, 0.1) is 17.7 Å². The number of hydrogen-bond donors (Lipinski definition) is 1. The Labute approximate surface area is 236 Å². The molecule has 1 amide bonds. The number of thiazole rings is 1. The monoisotopic (exact) mass is 584 g/mol. The highest BCUT2D eigenvalue weighted by Gasteiger charge is 2.25. The second-order valence-corrected chi connectivity index (χ2v) is 12.1. The Kier molecular flexibility index (Phi) is 7.93. The Morgan fingerprint density at radius 1 is 1.26 bits per heavy atom. The highest BCUT2D eigenvalue weighted by atomic mass is 32.2. The summed E-state index contributed by atoms with van der Waals surface area (Å²) in [6.07, 6.45) is 4.57. The van der Waals surface area contributed by atoms with Gasteiger partial charge < -0.3 is 10.1 Å². The maximum Gasteiger partial charge on any atom is 0.352 e. The molecule has 3 aromatic heterocycles. The summed E-state index contributed by atoms with van der Waals surface area (Å²) in [6, 6.07) is 9.25. The first-order chi connectivity index (χ1) is 18.4. The molecule has 8 nitrogen and oxygen atoms in total. The Morgan fingerprint density at radius 2 is 2.05 bits per heavy atom. The van der Waals surface area contributed by atoms with E-state index in [4.69, 9.17) is 21.9 Å². The molecule has 0 spiro atoms. The third-order valence-corrected chi connectivity index (χ3v) is 9.49. The minimum Gasteiger partial charge on any atom is -0.462 e. The molecule has 1 N–H and O–H groups in total. The van der Waals surface area contributed by atoms with E-state index in [0.29, 0.717) is 31.6 Å². The van der Waals surface area contributed by atoms with Crippen LogP contribution in [-0.4, -0.2) is 38.4 Å². The topological polar surface area (TPSA) is 95.2 Å². The van der Waals surface area contributed by atoms with Crippen LogP contribution in [0.5, 0.6) is 0 Å². The molecule has 0 saturated heterocycles. The minimum atomic E-state index is -0.557. The SMILES string of the molecule is C=CCn1c(SCC(=O)Nc2c(C(=O)OCC)sc(=S)n2-c2ccccc2)nc2sc3c(c2c1=O)CCC3. The highest BCUT2D eigenvalue weighted by molar-refractivity contribution is 7.99. The van der Waals surface area contributed by atoms with Crippen LogP contribution in [0.25, 0.3) is 15.9 Å². The first-order valence-electron chi connectivity index (χ1n) is 12.0. The van der Waals surface area contributed by atoms with Gasteiger partial charge >= 0.3 is 5.97 Å². The molecule has 0 unspecified atom stereocenters. The van der Waals surface area contributed by atoms with Gasteiger partial charge in [-0.25, -0.2) is 9.78 Å². The molecule has 0 saturated carbocycles. The Bertz CT molecular complexity index is 1670. The van der Waals surface area contributed by atoms with Gasteiger partial charge in [0.1, 0.15) is 10.6 Å². The number of ether oxygens (including phenoxy) is 1. The van der Waals surface area contributed by atoms with Crippen molar-refractivity contribution >= 4 is 74.6 Å². The highest BCUT2D eigenvalue weighted by Crippen LogP contribution is 2.36. The number of carbonyl (C=O) groups excluding carboxylic acids is 2. The van der Waals surface area contributed by atoms with Gasteiger partial charge in [-0.05, 0) is 56.1 Å². The number of carbonyl (C=O) groups is 2. The summed E-state index contributed by atoms with van der Waals surface area (Å²) in [5.41, 5.74) is 1.73. The zero-order chi connectivity index (χ0) is 26.8. The number of hydrogen-bond acceptors (Lipinski definition) is 9. The van der Waals surface area contributed by atoms with Crippen molar-refractivity contribution in [2.24, 2.45) is 0 Å². The number of para-hydroxylation sites is 1. The van der Waals surface area contributed by atoms with Crippen LogP contribution in [0, 0.1) is 3.95 Å². The minimum absolute atomic E-state index is 0.0279. The van der Waals surface area contributed by atoms with Crippen molar-refractivity contribution in [2.75, 3.05) is 17.7 Å². The molecule has 12 heteroatoms. The van der Waals surface area contributed by atoms with Crippen molar-refractivity contribution in [3.05, 3.63) is 72.6 Å². The lowest BCUT2D eigenvalue weighted by Crippen LogP contribution is -2.24. The van der Waals surface area contributed by atoms with Crippen LogP contribution >= 0.6 is 46.7 Å². The summed E-state index contributed by atoms with van der Waals surface area (Å²) in [4.78, 5) is 46.2. The molecule has 1 aromatic carbocycles. The van der Waals surface area contributed by atoms with E-state index in [1.165, 1.54) is 16.6 Å². The number of nitrogens with zero attached hydrogens (tertiary/aromatic N) is 3. The largest absolute Gasteiger partial charge is 0.462 e. The molecule has 1 aliphatic carbocycles. The lowest BCUT2D eigenvalue weighted by molar-refractivity contribution is -0.113. The van der Waals surface area contributed by atoms with Gasteiger partial charge in [-0.1, -0.05) is 47.4 Å². The van der Waals surface area contributed by atoms with E-state index in [1.807, 2.05) is 30.3 Å². The zero-order valence-corrected chi connectivity index (χ0v) is 23.8. The molecule has 0 fully saturated rings. The molecule has 0 aliphatic heterocycles. The molecule has 196 valence electrons. The number of amides is 1. The van der Waals surface area contributed by atoms with Crippen LogP contribution in [-0.2, 0) is 28.9 Å². The number of anilines is 1. The normalized spacial score (nSPS) is 12.4. The average molecular weight is 585 g/mol. The molecule has 1 aliphatic rings. The van der Waals surface area contributed by atoms with Crippen LogP contribution in [0.15, 0.2) is 52.9 Å². The number of nitrogens with one attached hydrogen (secondary N) is 1. The third-order valence-electron chi connectivity index (χ3n) is 5.98. The fourth-order valence-electron chi connectivity index (χ4n) is 4.39. The number of esters is 1. The quantitative estimate of drug-likeness (QED) is 0.0897. The van der Waals surface area contributed by atoms with Crippen LogP contribution in [0.3, 0.4) is 0 Å². The smallest absolute Gasteiger partial charge is 0.352 e. The van der Waals surface area contributed by atoms with Crippen molar-refractivity contribution in [3.63, 3.8) is 0 Å². The van der Waals surface area contributed by atoms with Gasteiger partial charge in [0.2, 0.25) is 5.91 Å². The van der Waals surface area contributed by atoms with E-state index >= 15 is 0 Å². The standard InChI is InChI=1S/C26H24N4O4S4/c1-3-13-29-23(32)19-16-11-8-12-17(16)37-22(19)28-25(29)36-14-18(31)27-21-20(24(33)34-4-2)38-26(35)30(21)15-9-6-5-7-10-15/h3,5-7,9-10H,1,4,8,11-14H2,2H3,(H,27,31). The number of allylic oxidation sites excluding steroid dienone is 1. The maximum atomic E-state index is 13.4. The van der Waals surface area contributed by atoms with Crippen LogP contribution in [0.4, 0.5) is 5.82 Å². The fraction of sp³-hybridized carbons (Fsp3) is 0.269. The summed E-state index contributed by atoms with van der Waals surface area (Å²) < 4.78 is 8.83. The Balaban J connectivity index is 1.45. The van der Waals surface area contributed by atoms with Crippen molar-refractivity contribution in [3.8, 4) is 5.69 Å². The summed E-state index contributed by atoms with van der Waals surface area (Å²) in [5, 5.41) is 4.00. The number of thioether (sulfide) groups is 1. The van der Waals surface area contributed by atoms with Gasteiger partial charge in [-0.15, -0.1) is 17.9 Å². The van der Waals surface area contributed by atoms with Gasteiger partial charge in [-0.3, -0.25) is 18.7 Å². The molecule has 3 heterocycles. The first-order valence-corrected chi connectivity index (χ1v) is 15.0. The number of rotatable bonds is 9. The Morgan fingerprint density at radius 3 is 2.79 bits per heavy atom. The van der Waals surface area contributed by atoms with E-state index in [-0.39, 0.29) is 34.5 Å². The van der Waals surface area contributed by atoms with Crippen molar-refractivity contribution in [1.29, 1.82) is 0 Å². The number of benzene rings is 1. The van der Waals surface area contributed by atoms with E-state index in [0.717, 1.165) is 36.2 Å². The van der Waals surface area contributed by atoms with Gasteiger partial charge in [0.15, 0.2) is 14.0 Å². The zero-order valence-electron chi connectivity index (χ0n) is 20.5. The van der Waals surface area contributed by atoms with Crippen molar-refractivity contribution in [1.82, 2.24) is 14.1 Å². The van der Waals surface area contributed by atoms with Crippen LogP contribution in [0.2, 0.25) is 0 Å². The van der Waals surface area contributed by atoms with Gasteiger partial charge in [0, 0.05) is 17.1 Å². The molecule has 4 aromatic rings. The van der Waals surface area contributed by atoms with Crippen LogP contribution < -0.4 is 10.9 Å². The van der Waals surface area contributed by atoms with Crippen molar-refractivity contribution in [2.45, 2.75) is 37.9 Å². The maximum absolute atomic E-state index is 13.4. The van der Waals surface area contributed by atoms with Crippen molar-refractivity contribution < 1.29 is 14.3 Å². The number of aromatic nitrogens is 3. The molecule has 0 atom stereocenters. The van der Waals surface area contributed by atoms with E-state index in [1.54, 1.807) is 33.5 Å². The molecule has 38 heavy (non-hydrogen) atoms. The van der Waals surface area contributed by atoms with E-state index in [2.05, 4.69) is 11.9 Å². The molecular weight excluding hydrogens is 561 g/mol. The number of thiophene rings is 1. The molecule has 0 bridgehead atoms. The second-order valence-electron chi connectivity index (χ2n) is 8.41. The molecule has 0 radical (unpaired) electrons. The van der Waals surface area contributed by atoms with Gasteiger partial charge in [-0.2, -0.15) is 0 Å². The predicted molar refractivity (Wildman–Crippen MR) is 156 cm³/mol. The van der Waals surface area contributed by atoms with E-state index < -0.39 is 5.97 Å². The lowest BCUT2D eigenvalue weighted by atomic mass is 10.2. The molecule has 5 rings (SSSR count).